The lowest BCUT2D eigenvalue weighted by atomic mass is 9.97. The molecule has 1 aliphatic rings. The number of imidazole rings is 1. The van der Waals surface area contributed by atoms with Crippen LogP contribution in [0.3, 0.4) is 0 Å². The lowest BCUT2D eigenvalue weighted by Crippen LogP contribution is -2.36. The van der Waals surface area contributed by atoms with Crippen molar-refractivity contribution >= 4 is 17.0 Å². The molecule has 0 saturated carbocycles. The van der Waals surface area contributed by atoms with Crippen LogP contribution in [-0.4, -0.2) is 33.0 Å². The van der Waals surface area contributed by atoms with Crippen molar-refractivity contribution in [2.75, 3.05) is 18.0 Å². The van der Waals surface area contributed by atoms with Crippen LogP contribution in [0.15, 0.2) is 24.3 Å². The van der Waals surface area contributed by atoms with Crippen LogP contribution in [0.25, 0.3) is 11.0 Å². The maximum Gasteiger partial charge on any atom is 0.225 e. The molecule has 1 atom stereocenters. The molecule has 5 nitrogen and oxygen atoms in total. The first kappa shape index (κ1) is 15.1. The average Bonchev–Trinajstić information content (AvgIpc) is 2.97. The summed E-state index contributed by atoms with van der Waals surface area (Å²) in [6.45, 7) is 8.10. The smallest absolute Gasteiger partial charge is 0.225 e. The monoisotopic (exact) mass is 321 g/mol. The number of nitrogens with one attached hydrogen (secondary N) is 1. The van der Waals surface area contributed by atoms with E-state index in [1.54, 1.807) is 0 Å². The Balaban J connectivity index is 1.61. The number of rotatable bonds is 2. The molecule has 1 saturated heterocycles. The van der Waals surface area contributed by atoms with Gasteiger partial charge in [0.25, 0.3) is 0 Å². The number of benzene rings is 1. The highest BCUT2D eigenvalue weighted by atomic mass is 15.3. The number of H-pyrrole nitrogens is 1. The van der Waals surface area contributed by atoms with E-state index in [-0.39, 0.29) is 0 Å². The number of hydrogen-bond donors (Lipinski definition) is 1. The van der Waals surface area contributed by atoms with Crippen LogP contribution in [0.5, 0.6) is 0 Å². The molecule has 0 radical (unpaired) electrons. The maximum absolute atomic E-state index is 4.82. The second-order valence-corrected chi connectivity index (χ2v) is 6.88. The van der Waals surface area contributed by atoms with Crippen molar-refractivity contribution in [3.63, 3.8) is 0 Å². The maximum atomic E-state index is 4.82. The van der Waals surface area contributed by atoms with Crippen molar-refractivity contribution in [1.29, 1.82) is 0 Å². The van der Waals surface area contributed by atoms with E-state index in [0.29, 0.717) is 5.92 Å². The average molecular weight is 321 g/mol. The second-order valence-electron chi connectivity index (χ2n) is 6.88. The first-order valence-corrected chi connectivity index (χ1v) is 8.62. The van der Waals surface area contributed by atoms with Crippen molar-refractivity contribution in [2.24, 2.45) is 0 Å². The third-order valence-corrected chi connectivity index (χ3v) is 4.72. The number of aromatic amines is 1. The van der Waals surface area contributed by atoms with Crippen LogP contribution in [-0.2, 0) is 0 Å². The van der Waals surface area contributed by atoms with Crippen molar-refractivity contribution < 1.29 is 0 Å². The third-order valence-electron chi connectivity index (χ3n) is 4.72. The summed E-state index contributed by atoms with van der Waals surface area (Å²) < 4.78 is 0. The molecule has 0 aliphatic carbocycles. The van der Waals surface area contributed by atoms with Gasteiger partial charge in [-0.3, -0.25) is 0 Å². The molecular formula is C19H23N5. The third kappa shape index (κ3) is 2.86. The van der Waals surface area contributed by atoms with Gasteiger partial charge in [-0.1, -0.05) is 6.07 Å². The van der Waals surface area contributed by atoms with Crippen LogP contribution >= 0.6 is 0 Å². The van der Waals surface area contributed by atoms with Crippen molar-refractivity contribution in [3.8, 4) is 0 Å². The summed E-state index contributed by atoms with van der Waals surface area (Å²) in [5, 5.41) is 0. The predicted molar refractivity (Wildman–Crippen MR) is 96.5 cm³/mol. The van der Waals surface area contributed by atoms with E-state index >= 15 is 0 Å². The van der Waals surface area contributed by atoms with Gasteiger partial charge in [-0.15, -0.1) is 0 Å². The summed E-state index contributed by atoms with van der Waals surface area (Å²) in [5.41, 5.74) is 5.49. The van der Waals surface area contributed by atoms with Gasteiger partial charge in [-0.05, 0) is 57.4 Å². The molecule has 24 heavy (non-hydrogen) atoms. The van der Waals surface area contributed by atoms with Gasteiger partial charge >= 0.3 is 0 Å². The molecule has 0 bridgehead atoms. The molecule has 1 aromatic carbocycles. The Kier molecular flexibility index (Phi) is 3.71. The fourth-order valence-electron chi connectivity index (χ4n) is 3.57. The number of anilines is 1. The molecule has 1 N–H and O–H groups in total. The molecule has 1 unspecified atom stereocenters. The van der Waals surface area contributed by atoms with Gasteiger partial charge in [0.1, 0.15) is 5.82 Å². The normalized spacial score (nSPS) is 18.3. The zero-order chi connectivity index (χ0) is 16.7. The number of piperidine rings is 1. The Morgan fingerprint density at radius 1 is 1.04 bits per heavy atom. The molecule has 1 aliphatic heterocycles. The van der Waals surface area contributed by atoms with Crippen LogP contribution in [0.2, 0.25) is 0 Å². The summed E-state index contributed by atoms with van der Waals surface area (Å²) in [7, 11) is 0. The quantitative estimate of drug-likeness (QED) is 0.782. The topological polar surface area (TPSA) is 57.7 Å². The van der Waals surface area contributed by atoms with Crippen molar-refractivity contribution in [2.45, 2.75) is 39.5 Å². The Morgan fingerprint density at radius 2 is 1.83 bits per heavy atom. The minimum atomic E-state index is 0.399. The fourth-order valence-corrected chi connectivity index (χ4v) is 3.57. The Morgan fingerprint density at radius 3 is 2.62 bits per heavy atom. The Labute approximate surface area is 142 Å². The van der Waals surface area contributed by atoms with Gasteiger partial charge in [-0.2, -0.15) is 0 Å². The van der Waals surface area contributed by atoms with Crippen LogP contribution in [0, 0.1) is 20.8 Å². The summed E-state index contributed by atoms with van der Waals surface area (Å²) in [5.74, 6) is 2.34. The van der Waals surface area contributed by atoms with E-state index in [1.807, 2.05) is 19.9 Å². The van der Waals surface area contributed by atoms with Crippen LogP contribution < -0.4 is 4.90 Å². The number of fused-ring (bicyclic) bond motifs is 1. The molecule has 5 heteroatoms. The lowest BCUT2D eigenvalue weighted by Gasteiger charge is -2.32. The molecule has 3 heterocycles. The zero-order valence-corrected chi connectivity index (χ0v) is 14.5. The minimum absolute atomic E-state index is 0.399. The summed E-state index contributed by atoms with van der Waals surface area (Å²) in [6, 6.07) is 8.40. The summed E-state index contributed by atoms with van der Waals surface area (Å²) in [4.78, 5) is 19.9. The molecule has 0 amide bonds. The highest BCUT2D eigenvalue weighted by Gasteiger charge is 2.25. The van der Waals surface area contributed by atoms with E-state index in [1.165, 1.54) is 5.56 Å². The van der Waals surface area contributed by atoms with Gasteiger partial charge in [0.05, 0.1) is 11.0 Å². The Bertz CT molecular complexity index is 862. The Hall–Kier alpha value is -2.43. The van der Waals surface area contributed by atoms with Gasteiger partial charge in [-0.25, -0.2) is 15.0 Å². The lowest BCUT2D eigenvalue weighted by molar-refractivity contribution is 0.488. The number of aromatic nitrogens is 4. The molecule has 124 valence electrons. The number of aryl methyl sites for hydroxylation is 3. The van der Waals surface area contributed by atoms with Crippen LogP contribution in [0.1, 0.15) is 41.5 Å². The zero-order valence-electron chi connectivity index (χ0n) is 14.5. The fraction of sp³-hybridized carbons (Fsp3) is 0.421. The molecule has 2 aromatic heterocycles. The predicted octanol–water partition coefficient (Wildman–Crippen LogP) is 3.66. The standard InChI is InChI=1S/C19H23N5/c1-12-6-7-16-17(9-12)23-18(22-16)15-5-4-8-24(11-15)19-20-13(2)10-14(3)21-19/h6-7,9-10,15H,4-5,8,11H2,1-3H3,(H,22,23). The largest absolute Gasteiger partial charge is 0.342 e. The van der Waals surface area contributed by atoms with Crippen molar-refractivity contribution in [3.05, 3.63) is 47.0 Å². The first-order chi connectivity index (χ1) is 11.6. The van der Waals surface area contributed by atoms with Gasteiger partial charge in [0.2, 0.25) is 5.95 Å². The first-order valence-electron chi connectivity index (χ1n) is 8.62. The van der Waals surface area contributed by atoms with E-state index in [9.17, 15) is 0 Å². The summed E-state index contributed by atoms with van der Waals surface area (Å²) in [6.07, 6.45) is 2.29. The van der Waals surface area contributed by atoms with Gasteiger partial charge < -0.3 is 9.88 Å². The molecule has 3 aromatic rings. The van der Waals surface area contributed by atoms with Crippen molar-refractivity contribution in [1.82, 2.24) is 19.9 Å². The minimum Gasteiger partial charge on any atom is -0.342 e. The molecule has 0 spiro atoms. The van der Waals surface area contributed by atoms with E-state index in [2.05, 4.69) is 45.0 Å². The second kappa shape index (κ2) is 5.89. The van der Waals surface area contributed by atoms with Crippen LogP contribution in [0.4, 0.5) is 5.95 Å². The number of hydrogen-bond acceptors (Lipinski definition) is 4. The number of nitrogens with zero attached hydrogens (tertiary/aromatic N) is 4. The van der Waals surface area contributed by atoms with E-state index in [4.69, 9.17) is 4.98 Å². The molecular weight excluding hydrogens is 298 g/mol. The summed E-state index contributed by atoms with van der Waals surface area (Å²) >= 11 is 0. The highest BCUT2D eigenvalue weighted by Crippen LogP contribution is 2.28. The van der Waals surface area contributed by atoms with E-state index < -0.39 is 0 Å². The van der Waals surface area contributed by atoms with E-state index in [0.717, 1.165) is 60.1 Å². The highest BCUT2D eigenvalue weighted by molar-refractivity contribution is 5.75. The van der Waals surface area contributed by atoms with Gasteiger partial charge in [0, 0.05) is 30.4 Å². The van der Waals surface area contributed by atoms with Gasteiger partial charge in [0.15, 0.2) is 0 Å². The molecule has 4 rings (SSSR count). The molecule has 1 fully saturated rings. The SMILES string of the molecule is Cc1ccc2nc(C3CCCN(c4nc(C)cc(C)n4)C3)[nH]c2c1.